The van der Waals surface area contributed by atoms with Crippen LogP contribution in [0.2, 0.25) is 5.02 Å². The van der Waals surface area contributed by atoms with Gasteiger partial charge in [0.25, 0.3) is 0 Å². The summed E-state index contributed by atoms with van der Waals surface area (Å²) in [6.45, 7) is 0. The number of aromatic nitrogens is 4. The molecule has 0 fully saturated rings. The molecule has 0 atom stereocenters. The molecule has 3 aromatic heterocycles. The minimum atomic E-state index is -0.421. The summed E-state index contributed by atoms with van der Waals surface area (Å²) in [6.07, 6.45) is 0. The normalized spacial score (nSPS) is 10.8. The van der Waals surface area contributed by atoms with E-state index in [-0.39, 0.29) is 0 Å². The lowest BCUT2D eigenvalue weighted by Crippen LogP contribution is -2.19. The first kappa shape index (κ1) is 20.9. The molecule has 0 aliphatic carbocycles. The number of ether oxygens (including phenoxy) is 1. The molecule has 3 heterocycles. The van der Waals surface area contributed by atoms with E-state index in [2.05, 4.69) is 20.8 Å². The molecule has 33 heavy (non-hydrogen) atoms. The fraction of sp³-hybridized carbons (Fsp3) is 0.0435. The standard InChI is InChI=1S/C23H17ClN6O2S/c1-32-19-9-7-15(24)13-18(19)26-23(31)25-16-5-2-4-14(12-16)17-8-10-21-27-28-22(30(21)29-17)20-6-3-11-33-20/h2-13H,1H3,(H2,25,26,31). The molecule has 0 unspecified atom stereocenters. The maximum absolute atomic E-state index is 12.6. The molecule has 0 spiro atoms. The number of amides is 2. The van der Waals surface area contributed by atoms with Crippen LogP contribution in [-0.4, -0.2) is 33.0 Å². The number of urea groups is 1. The second-order valence-corrected chi connectivity index (χ2v) is 8.38. The van der Waals surface area contributed by atoms with Crippen LogP contribution in [0.1, 0.15) is 0 Å². The molecule has 0 aliphatic rings. The van der Waals surface area contributed by atoms with Gasteiger partial charge in [0.15, 0.2) is 11.5 Å². The van der Waals surface area contributed by atoms with Crippen molar-refractivity contribution in [3.8, 4) is 27.7 Å². The molecule has 2 amide bonds. The first-order chi connectivity index (χ1) is 16.1. The maximum atomic E-state index is 12.6. The van der Waals surface area contributed by atoms with E-state index in [1.807, 2.05) is 47.8 Å². The van der Waals surface area contributed by atoms with Gasteiger partial charge in [0, 0.05) is 16.3 Å². The maximum Gasteiger partial charge on any atom is 0.323 e. The predicted molar refractivity (Wildman–Crippen MR) is 130 cm³/mol. The van der Waals surface area contributed by atoms with Crippen LogP contribution in [0.15, 0.2) is 72.1 Å². The third kappa shape index (κ3) is 4.36. The number of fused-ring (bicyclic) bond motifs is 1. The quantitative estimate of drug-likeness (QED) is 0.333. The molecular weight excluding hydrogens is 460 g/mol. The SMILES string of the molecule is COc1ccc(Cl)cc1NC(=O)Nc1cccc(-c2ccc3nnc(-c4cccs4)n3n2)c1. The molecule has 5 rings (SSSR count). The molecule has 0 aliphatic heterocycles. The smallest absolute Gasteiger partial charge is 0.323 e. The predicted octanol–water partition coefficient (Wildman–Crippen LogP) is 5.83. The molecule has 2 N–H and O–H groups in total. The summed E-state index contributed by atoms with van der Waals surface area (Å²) in [5.74, 6) is 1.20. The Morgan fingerprint density at radius 3 is 2.76 bits per heavy atom. The molecule has 164 valence electrons. The molecule has 8 nitrogen and oxygen atoms in total. The van der Waals surface area contributed by atoms with Gasteiger partial charge in [-0.25, -0.2) is 4.79 Å². The summed E-state index contributed by atoms with van der Waals surface area (Å²) in [4.78, 5) is 13.6. The Kier molecular flexibility index (Phi) is 5.64. The van der Waals surface area contributed by atoms with Crippen LogP contribution in [0.25, 0.3) is 27.6 Å². The average Bonchev–Trinajstić information content (AvgIpc) is 3.48. The zero-order valence-electron chi connectivity index (χ0n) is 17.3. The Labute approximate surface area is 197 Å². The fourth-order valence-electron chi connectivity index (χ4n) is 3.32. The first-order valence-electron chi connectivity index (χ1n) is 9.89. The number of anilines is 2. The summed E-state index contributed by atoms with van der Waals surface area (Å²) in [7, 11) is 1.53. The number of carbonyl (C=O) groups excluding carboxylic acids is 1. The van der Waals surface area contributed by atoms with E-state index < -0.39 is 6.03 Å². The van der Waals surface area contributed by atoms with Crippen molar-refractivity contribution >= 4 is 46.0 Å². The molecule has 5 aromatic rings. The number of hydrogen-bond acceptors (Lipinski definition) is 6. The van der Waals surface area contributed by atoms with E-state index >= 15 is 0 Å². The van der Waals surface area contributed by atoms with E-state index in [0.717, 1.165) is 16.1 Å². The van der Waals surface area contributed by atoms with Gasteiger partial charge in [-0.05, 0) is 53.9 Å². The van der Waals surface area contributed by atoms with Crippen LogP contribution >= 0.6 is 22.9 Å². The second-order valence-electron chi connectivity index (χ2n) is 6.99. The molecular formula is C23H17ClN6O2S. The van der Waals surface area contributed by atoms with E-state index in [9.17, 15) is 4.79 Å². The highest BCUT2D eigenvalue weighted by molar-refractivity contribution is 7.13. The summed E-state index contributed by atoms with van der Waals surface area (Å²) >= 11 is 7.61. The largest absolute Gasteiger partial charge is 0.495 e. The van der Waals surface area contributed by atoms with Crippen LogP contribution in [0.5, 0.6) is 5.75 Å². The number of thiophene rings is 1. The molecule has 10 heteroatoms. The zero-order chi connectivity index (χ0) is 22.8. The topological polar surface area (TPSA) is 93.4 Å². The summed E-state index contributed by atoms with van der Waals surface area (Å²) < 4.78 is 6.99. The summed E-state index contributed by atoms with van der Waals surface area (Å²) in [5, 5.41) is 21.3. The highest BCUT2D eigenvalue weighted by Crippen LogP contribution is 2.28. The molecule has 2 aromatic carbocycles. The van der Waals surface area contributed by atoms with Gasteiger partial charge in [0.1, 0.15) is 5.75 Å². The van der Waals surface area contributed by atoms with Crippen LogP contribution in [-0.2, 0) is 0 Å². The summed E-state index contributed by atoms with van der Waals surface area (Å²) in [5.41, 5.74) is 3.29. The lowest BCUT2D eigenvalue weighted by molar-refractivity contribution is 0.262. The van der Waals surface area contributed by atoms with Gasteiger partial charge in [-0.3, -0.25) is 0 Å². The Balaban J connectivity index is 1.39. The third-order valence-electron chi connectivity index (χ3n) is 4.83. The van der Waals surface area contributed by atoms with Gasteiger partial charge >= 0.3 is 6.03 Å². The Morgan fingerprint density at radius 2 is 1.94 bits per heavy atom. The van der Waals surface area contributed by atoms with Crippen molar-refractivity contribution < 1.29 is 9.53 Å². The monoisotopic (exact) mass is 476 g/mol. The highest BCUT2D eigenvalue weighted by Gasteiger charge is 2.13. The van der Waals surface area contributed by atoms with Crippen molar-refractivity contribution in [3.05, 3.63) is 77.1 Å². The van der Waals surface area contributed by atoms with Crippen LogP contribution in [0.3, 0.4) is 0 Å². The lowest BCUT2D eigenvalue weighted by atomic mass is 10.1. The van der Waals surface area contributed by atoms with Crippen molar-refractivity contribution in [2.45, 2.75) is 0 Å². The number of nitrogens with zero attached hydrogens (tertiary/aromatic N) is 4. The molecule has 0 bridgehead atoms. The Hall–Kier alpha value is -3.95. The minimum absolute atomic E-state index is 0.421. The van der Waals surface area contributed by atoms with E-state index in [1.165, 1.54) is 7.11 Å². The van der Waals surface area contributed by atoms with E-state index in [4.69, 9.17) is 21.4 Å². The Morgan fingerprint density at radius 1 is 1.03 bits per heavy atom. The molecule has 0 saturated carbocycles. The fourth-order valence-corrected chi connectivity index (χ4v) is 4.19. The third-order valence-corrected chi connectivity index (χ3v) is 5.93. The first-order valence-corrected chi connectivity index (χ1v) is 11.1. The van der Waals surface area contributed by atoms with Gasteiger partial charge in [-0.1, -0.05) is 29.8 Å². The number of rotatable bonds is 5. The van der Waals surface area contributed by atoms with Gasteiger partial charge in [-0.2, -0.15) is 9.61 Å². The van der Waals surface area contributed by atoms with Gasteiger partial charge in [0.05, 0.1) is 23.4 Å². The zero-order valence-corrected chi connectivity index (χ0v) is 18.9. The van der Waals surface area contributed by atoms with Gasteiger partial charge in [0.2, 0.25) is 0 Å². The Bertz CT molecular complexity index is 1450. The number of benzene rings is 2. The number of hydrogen-bond donors (Lipinski definition) is 2. The van der Waals surface area contributed by atoms with Crippen LogP contribution in [0, 0.1) is 0 Å². The average molecular weight is 477 g/mol. The van der Waals surface area contributed by atoms with Crippen molar-refractivity contribution in [1.82, 2.24) is 19.8 Å². The molecule has 0 radical (unpaired) electrons. The van der Waals surface area contributed by atoms with Crippen LogP contribution in [0.4, 0.5) is 16.2 Å². The van der Waals surface area contributed by atoms with Crippen molar-refractivity contribution in [2.75, 3.05) is 17.7 Å². The highest BCUT2D eigenvalue weighted by atomic mass is 35.5. The van der Waals surface area contributed by atoms with Crippen molar-refractivity contribution in [1.29, 1.82) is 0 Å². The number of halogens is 1. The van der Waals surface area contributed by atoms with Crippen molar-refractivity contribution in [2.24, 2.45) is 0 Å². The summed E-state index contributed by atoms with van der Waals surface area (Å²) in [6, 6.07) is 19.7. The van der Waals surface area contributed by atoms with E-state index in [0.29, 0.717) is 33.6 Å². The van der Waals surface area contributed by atoms with E-state index in [1.54, 1.807) is 40.1 Å². The minimum Gasteiger partial charge on any atom is -0.495 e. The number of methoxy groups -OCH3 is 1. The van der Waals surface area contributed by atoms with Crippen molar-refractivity contribution in [3.63, 3.8) is 0 Å². The number of nitrogens with one attached hydrogen (secondary N) is 2. The molecule has 0 saturated heterocycles. The lowest BCUT2D eigenvalue weighted by Gasteiger charge is -2.12. The number of carbonyl (C=O) groups is 1. The van der Waals surface area contributed by atoms with Crippen LogP contribution < -0.4 is 15.4 Å². The second kappa shape index (κ2) is 8.89. The van der Waals surface area contributed by atoms with Gasteiger partial charge < -0.3 is 15.4 Å². The van der Waals surface area contributed by atoms with Gasteiger partial charge in [-0.15, -0.1) is 21.5 Å².